The third-order valence-corrected chi connectivity index (χ3v) is 5.68. The van der Waals surface area contributed by atoms with E-state index in [1.807, 2.05) is 60.7 Å². The van der Waals surface area contributed by atoms with Crippen LogP contribution in [0.5, 0.6) is 0 Å². The Morgan fingerprint density at radius 1 is 0.853 bits per heavy atom. The minimum atomic E-state index is -0.581. The number of hydrogen-bond donors (Lipinski definition) is 1. The van der Waals surface area contributed by atoms with Crippen molar-refractivity contribution in [2.75, 3.05) is 6.54 Å². The highest BCUT2D eigenvalue weighted by atomic mass is 16.4. The van der Waals surface area contributed by atoms with Crippen molar-refractivity contribution < 1.29 is 18.8 Å². The average molecular weight is 451 g/mol. The summed E-state index contributed by atoms with van der Waals surface area (Å²) in [6, 6.07) is 25.2. The topological polar surface area (TPSA) is 92.5 Å². The number of carbonyl (C=O) groups is 3. The Balaban J connectivity index is 1.36. The number of imide groups is 1. The Morgan fingerprint density at radius 2 is 1.44 bits per heavy atom. The largest absolute Gasteiger partial charge is 0.438 e. The number of nitrogens with one attached hydrogen (secondary N) is 1. The predicted octanol–water partition coefficient (Wildman–Crippen LogP) is 4.04. The molecule has 1 N–H and O–H groups in total. The first kappa shape index (κ1) is 21.3. The van der Waals surface area contributed by atoms with Crippen molar-refractivity contribution in [2.45, 2.75) is 12.5 Å². The molecule has 168 valence electrons. The lowest BCUT2D eigenvalue weighted by Gasteiger charge is -2.19. The fourth-order valence-electron chi connectivity index (χ4n) is 4.00. The summed E-state index contributed by atoms with van der Waals surface area (Å²) in [6.45, 7) is -0.385. The van der Waals surface area contributed by atoms with Gasteiger partial charge in [-0.05, 0) is 17.7 Å². The van der Waals surface area contributed by atoms with Crippen molar-refractivity contribution in [2.24, 2.45) is 0 Å². The molecule has 1 unspecified atom stereocenters. The molecule has 34 heavy (non-hydrogen) atoms. The van der Waals surface area contributed by atoms with E-state index in [-0.39, 0.29) is 6.54 Å². The van der Waals surface area contributed by atoms with Crippen molar-refractivity contribution >= 4 is 17.7 Å². The smallest absolute Gasteiger partial charge is 0.262 e. The zero-order chi connectivity index (χ0) is 23.5. The van der Waals surface area contributed by atoms with Crippen LogP contribution in [0.25, 0.3) is 11.3 Å². The van der Waals surface area contributed by atoms with Gasteiger partial charge in [-0.15, -0.1) is 0 Å². The maximum Gasteiger partial charge on any atom is 0.262 e. The monoisotopic (exact) mass is 451 g/mol. The number of hydrogen-bond acceptors (Lipinski definition) is 5. The molecule has 1 aliphatic heterocycles. The summed E-state index contributed by atoms with van der Waals surface area (Å²) >= 11 is 0. The van der Waals surface area contributed by atoms with Crippen LogP contribution < -0.4 is 5.32 Å². The third kappa shape index (κ3) is 4.23. The lowest BCUT2D eigenvalue weighted by molar-refractivity contribution is -0.122. The molecule has 0 fully saturated rings. The molecule has 0 bridgehead atoms. The van der Waals surface area contributed by atoms with E-state index in [1.165, 1.54) is 0 Å². The average Bonchev–Trinajstić information content (AvgIpc) is 3.45. The van der Waals surface area contributed by atoms with Gasteiger partial charge in [-0.2, -0.15) is 0 Å². The van der Waals surface area contributed by atoms with E-state index in [9.17, 15) is 14.4 Å². The SMILES string of the molecule is O=C(CN1C(=O)c2ccccc2C1=O)NC(Cc1ccccc1)c1ncc(-c2ccccc2)o1. The molecule has 0 radical (unpaired) electrons. The second kappa shape index (κ2) is 9.15. The number of carbonyl (C=O) groups excluding carboxylic acids is 3. The van der Waals surface area contributed by atoms with Crippen LogP contribution in [0.3, 0.4) is 0 Å². The van der Waals surface area contributed by atoms with E-state index in [1.54, 1.807) is 30.5 Å². The summed E-state index contributed by atoms with van der Waals surface area (Å²) in [4.78, 5) is 43.6. The highest BCUT2D eigenvalue weighted by Crippen LogP contribution is 2.26. The summed E-state index contributed by atoms with van der Waals surface area (Å²) < 4.78 is 5.99. The summed E-state index contributed by atoms with van der Waals surface area (Å²) in [5.41, 5.74) is 2.47. The molecule has 3 aromatic carbocycles. The molecule has 3 amide bonds. The van der Waals surface area contributed by atoms with Crippen LogP contribution in [-0.2, 0) is 11.2 Å². The number of benzene rings is 3. The van der Waals surface area contributed by atoms with Gasteiger partial charge in [-0.1, -0.05) is 72.8 Å². The molecule has 4 aromatic rings. The Kier molecular flexibility index (Phi) is 5.74. The van der Waals surface area contributed by atoms with Gasteiger partial charge in [0, 0.05) is 12.0 Å². The number of amides is 3. The van der Waals surface area contributed by atoms with Crippen molar-refractivity contribution in [3.8, 4) is 11.3 Å². The standard InChI is InChI=1S/C27H21N3O4/c31-24(17-30-26(32)20-13-7-8-14-21(20)27(30)33)29-22(15-18-9-3-1-4-10-18)25-28-16-23(34-25)19-11-5-2-6-12-19/h1-14,16,22H,15,17H2,(H,29,31). The number of nitrogens with zero attached hydrogens (tertiary/aromatic N) is 2. The van der Waals surface area contributed by atoms with E-state index >= 15 is 0 Å². The molecule has 0 saturated heterocycles. The Morgan fingerprint density at radius 3 is 2.09 bits per heavy atom. The van der Waals surface area contributed by atoms with Gasteiger partial charge < -0.3 is 9.73 Å². The zero-order valence-electron chi connectivity index (χ0n) is 18.2. The predicted molar refractivity (Wildman–Crippen MR) is 125 cm³/mol. The van der Waals surface area contributed by atoms with Gasteiger partial charge in [0.15, 0.2) is 5.76 Å². The number of oxazole rings is 1. The molecule has 0 saturated carbocycles. The molecule has 1 aromatic heterocycles. The summed E-state index contributed by atoms with van der Waals surface area (Å²) in [6.07, 6.45) is 2.06. The maximum absolute atomic E-state index is 13.0. The normalized spacial score (nSPS) is 13.6. The van der Waals surface area contributed by atoms with Gasteiger partial charge in [0.05, 0.1) is 17.3 Å². The molecule has 0 aliphatic carbocycles. The highest BCUT2D eigenvalue weighted by Gasteiger charge is 2.36. The van der Waals surface area contributed by atoms with Crippen molar-refractivity contribution in [1.29, 1.82) is 0 Å². The van der Waals surface area contributed by atoms with Crippen molar-refractivity contribution in [3.63, 3.8) is 0 Å². The fourth-order valence-corrected chi connectivity index (χ4v) is 4.00. The van der Waals surface area contributed by atoms with E-state index < -0.39 is 23.8 Å². The third-order valence-electron chi connectivity index (χ3n) is 5.68. The van der Waals surface area contributed by atoms with Crippen LogP contribution >= 0.6 is 0 Å². The summed E-state index contributed by atoms with van der Waals surface area (Å²) in [5, 5.41) is 2.90. The van der Waals surface area contributed by atoms with E-state index in [0.717, 1.165) is 16.0 Å². The Hall–Kier alpha value is -4.52. The molecular formula is C27H21N3O4. The van der Waals surface area contributed by atoms with Crippen LogP contribution in [0.2, 0.25) is 0 Å². The second-order valence-corrected chi connectivity index (χ2v) is 7.98. The molecule has 7 heteroatoms. The maximum atomic E-state index is 13.0. The molecule has 2 heterocycles. The molecule has 1 aliphatic rings. The molecule has 0 spiro atoms. The summed E-state index contributed by atoms with van der Waals surface area (Å²) in [7, 11) is 0. The van der Waals surface area contributed by atoms with E-state index in [4.69, 9.17) is 4.42 Å². The van der Waals surface area contributed by atoms with Gasteiger partial charge in [-0.3, -0.25) is 19.3 Å². The first-order chi connectivity index (χ1) is 16.6. The highest BCUT2D eigenvalue weighted by molar-refractivity contribution is 6.22. The number of fused-ring (bicyclic) bond motifs is 1. The number of aromatic nitrogens is 1. The first-order valence-corrected chi connectivity index (χ1v) is 10.9. The van der Waals surface area contributed by atoms with E-state index in [2.05, 4.69) is 10.3 Å². The van der Waals surface area contributed by atoms with Crippen LogP contribution in [0.1, 0.15) is 38.2 Å². The molecule has 5 rings (SSSR count). The zero-order valence-corrected chi connectivity index (χ0v) is 18.2. The van der Waals surface area contributed by atoms with Crippen molar-refractivity contribution in [1.82, 2.24) is 15.2 Å². The molecular weight excluding hydrogens is 430 g/mol. The van der Waals surface area contributed by atoms with Crippen molar-refractivity contribution in [3.05, 3.63) is 114 Å². The van der Waals surface area contributed by atoms with Gasteiger partial charge in [0.1, 0.15) is 12.6 Å². The van der Waals surface area contributed by atoms with Gasteiger partial charge in [-0.25, -0.2) is 4.98 Å². The lowest BCUT2D eigenvalue weighted by Crippen LogP contribution is -2.42. The Labute approximate surface area is 196 Å². The Bertz CT molecular complexity index is 1310. The van der Waals surface area contributed by atoms with Crippen LogP contribution in [0, 0.1) is 0 Å². The first-order valence-electron chi connectivity index (χ1n) is 10.9. The van der Waals surface area contributed by atoms with Gasteiger partial charge in [0.25, 0.3) is 11.8 Å². The minimum Gasteiger partial charge on any atom is -0.438 e. The second-order valence-electron chi connectivity index (χ2n) is 7.98. The van der Waals surface area contributed by atoms with Gasteiger partial charge in [0.2, 0.25) is 11.8 Å². The van der Waals surface area contributed by atoms with Crippen LogP contribution in [-0.4, -0.2) is 34.2 Å². The lowest BCUT2D eigenvalue weighted by atomic mass is 10.1. The molecule has 1 atom stereocenters. The summed E-state index contributed by atoms with van der Waals surface area (Å²) in [5.74, 6) is -0.493. The molecule has 7 nitrogen and oxygen atoms in total. The van der Waals surface area contributed by atoms with Gasteiger partial charge >= 0.3 is 0 Å². The van der Waals surface area contributed by atoms with Crippen LogP contribution in [0.4, 0.5) is 0 Å². The van der Waals surface area contributed by atoms with Crippen LogP contribution in [0.15, 0.2) is 95.5 Å². The quantitative estimate of drug-likeness (QED) is 0.428. The van der Waals surface area contributed by atoms with E-state index in [0.29, 0.717) is 29.2 Å². The minimum absolute atomic E-state index is 0.307. The number of rotatable bonds is 7. The fraction of sp³-hybridized carbons (Fsp3) is 0.111.